The van der Waals surface area contributed by atoms with E-state index in [1.807, 2.05) is 0 Å². The van der Waals surface area contributed by atoms with Crippen LogP contribution in [0.25, 0.3) is 0 Å². The highest BCUT2D eigenvalue weighted by molar-refractivity contribution is 7.08. The van der Waals surface area contributed by atoms with E-state index in [9.17, 15) is 0 Å². The number of aliphatic hydroxyl groups is 1. The third-order valence-electron chi connectivity index (χ3n) is 2.98. The lowest BCUT2D eigenvalue weighted by atomic mass is 9.92. The summed E-state index contributed by atoms with van der Waals surface area (Å²) in [6.45, 7) is 2.25. The number of thiophene rings is 1. The first-order valence-electron chi connectivity index (χ1n) is 5.43. The van der Waals surface area contributed by atoms with Crippen molar-refractivity contribution in [3.05, 3.63) is 16.8 Å². The van der Waals surface area contributed by atoms with Crippen molar-refractivity contribution in [2.24, 2.45) is 11.7 Å². The van der Waals surface area contributed by atoms with Gasteiger partial charge in [0.05, 0.1) is 0 Å². The maximum absolute atomic E-state index is 8.96. The monoisotopic (exact) mass is 226 g/mol. The molecule has 4 heteroatoms. The Morgan fingerprint density at radius 2 is 2.40 bits per heavy atom. The van der Waals surface area contributed by atoms with E-state index in [0.29, 0.717) is 5.92 Å². The Morgan fingerprint density at radius 1 is 1.53 bits per heavy atom. The van der Waals surface area contributed by atoms with E-state index >= 15 is 0 Å². The van der Waals surface area contributed by atoms with Gasteiger partial charge in [0.1, 0.15) is 0 Å². The Labute approximate surface area is 94.5 Å². The van der Waals surface area contributed by atoms with Crippen molar-refractivity contribution in [3.63, 3.8) is 0 Å². The van der Waals surface area contributed by atoms with Crippen LogP contribution < -0.4 is 10.6 Å². The van der Waals surface area contributed by atoms with Crippen LogP contribution in [-0.4, -0.2) is 30.8 Å². The normalized spacial score (nSPS) is 26.9. The molecule has 15 heavy (non-hydrogen) atoms. The zero-order chi connectivity index (χ0) is 10.7. The van der Waals surface area contributed by atoms with Crippen LogP contribution in [0.5, 0.6) is 0 Å². The van der Waals surface area contributed by atoms with Gasteiger partial charge in [-0.1, -0.05) is 0 Å². The molecule has 0 aliphatic carbocycles. The van der Waals surface area contributed by atoms with Crippen molar-refractivity contribution < 1.29 is 5.11 Å². The van der Waals surface area contributed by atoms with Crippen LogP contribution in [0.4, 0.5) is 5.69 Å². The molecule has 1 saturated heterocycles. The third-order valence-corrected chi connectivity index (χ3v) is 3.65. The second kappa shape index (κ2) is 4.96. The van der Waals surface area contributed by atoms with Gasteiger partial charge in [-0.05, 0) is 30.2 Å². The minimum Gasteiger partial charge on any atom is -0.396 e. The fourth-order valence-corrected chi connectivity index (χ4v) is 2.95. The Balaban J connectivity index is 2.00. The summed E-state index contributed by atoms with van der Waals surface area (Å²) in [6, 6.07) is 2.38. The molecule has 2 atom stereocenters. The van der Waals surface area contributed by atoms with Gasteiger partial charge in [0, 0.05) is 36.8 Å². The molecule has 0 aromatic carbocycles. The standard InChI is InChI=1S/C11H18N2OS/c12-10-5-9(1-3-14)6-13(7-10)11-2-4-15-8-11/h2,4,8-10,14H,1,3,5-7,12H2. The first-order chi connectivity index (χ1) is 7.29. The lowest BCUT2D eigenvalue weighted by Gasteiger charge is -2.37. The van der Waals surface area contributed by atoms with E-state index < -0.39 is 0 Å². The van der Waals surface area contributed by atoms with E-state index in [0.717, 1.165) is 25.9 Å². The first kappa shape index (κ1) is 10.9. The van der Waals surface area contributed by atoms with Gasteiger partial charge in [-0.3, -0.25) is 0 Å². The van der Waals surface area contributed by atoms with Crippen LogP contribution in [0.15, 0.2) is 16.8 Å². The van der Waals surface area contributed by atoms with Crippen LogP contribution in [0.1, 0.15) is 12.8 Å². The van der Waals surface area contributed by atoms with E-state index in [-0.39, 0.29) is 12.6 Å². The molecule has 3 nitrogen and oxygen atoms in total. The highest BCUT2D eigenvalue weighted by Crippen LogP contribution is 2.25. The summed E-state index contributed by atoms with van der Waals surface area (Å²) in [7, 11) is 0. The molecule has 1 aromatic rings. The fourth-order valence-electron chi connectivity index (χ4n) is 2.29. The number of nitrogens with two attached hydrogens (primary N) is 1. The van der Waals surface area contributed by atoms with Crippen molar-refractivity contribution >= 4 is 17.0 Å². The summed E-state index contributed by atoms with van der Waals surface area (Å²) >= 11 is 1.72. The molecular weight excluding hydrogens is 208 g/mol. The van der Waals surface area contributed by atoms with Gasteiger partial charge in [0.2, 0.25) is 0 Å². The first-order valence-corrected chi connectivity index (χ1v) is 6.37. The smallest absolute Gasteiger partial charge is 0.0475 e. The van der Waals surface area contributed by atoms with E-state index in [2.05, 4.69) is 21.7 Å². The molecule has 1 aliphatic rings. The molecule has 2 heterocycles. The average Bonchev–Trinajstić information content (AvgIpc) is 2.70. The number of hydrogen-bond acceptors (Lipinski definition) is 4. The van der Waals surface area contributed by atoms with Crippen molar-refractivity contribution in [3.8, 4) is 0 Å². The number of aliphatic hydroxyl groups excluding tert-OH is 1. The van der Waals surface area contributed by atoms with Crippen LogP contribution in [0.3, 0.4) is 0 Å². The van der Waals surface area contributed by atoms with Gasteiger partial charge in [-0.15, -0.1) is 0 Å². The van der Waals surface area contributed by atoms with Gasteiger partial charge in [-0.2, -0.15) is 11.3 Å². The number of rotatable bonds is 3. The molecule has 1 aliphatic heterocycles. The summed E-state index contributed by atoms with van der Waals surface area (Å²) in [5, 5.41) is 13.2. The fraction of sp³-hybridized carbons (Fsp3) is 0.636. The second-order valence-corrected chi connectivity index (χ2v) is 5.04. The van der Waals surface area contributed by atoms with Gasteiger partial charge in [0.15, 0.2) is 0 Å². The zero-order valence-electron chi connectivity index (χ0n) is 8.80. The van der Waals surface area contributed by atoms with Gasteiger partial charge < -0.3 is 15.7 Å². The van der Waals surface area contributed by atoms with E-state index in [4.69, 9.17) is 10.8 Å². The van der Waals surface area contributed by atoms with Crippen LogP contribution in [-0.2, 0) is 0 Å². The summed E-state index contributed by atoms with van der Waals surface area (Å²) in [4.78, 5) is 2.34. The SMILES string of the molecule is NC1CC(CCO)CN(c2ccsc2)C1. The van der Waals surface area contributed by atoms with E-state index in [1.54, 1.807) is 11.3 Å². The Morgan fingerprint density at radius 3 is 3.07 bits per heavy atom. The predicted octanol–water partition coefficient (Wildman–Crippen LogP) is 1.28. The summed E-state index contributed by atoms with van der Waals surface area (Å²) in [5.41, 5.74) is 7.31. The second-order valence-electron chi connectivity index (χ2n) is 4.26. The maximum Gasteiger partial charge on any atom is 0.0475 e. The highest BCUT2D eigenvalue weighted by Gasteiger charge is 2.24. The minimum absolute atomic E-state index is 0.246. The van der Waals surface area contributed by atoms with Crippen LogP contribution in [0.2, 0.25) is 0 Å². The Hall–Kier alpha value is -0.580. The third kappa shape index (κ3) is 2.71. The predicted molar refractivity (Wildman–Crippen MR) is 64.3 cm³/mol. The summed E-state index contributed by atoms with van der Waals surface area (Å²) in [5.74, 6) is 0.540. The molecule has 2 unspecified atom stereocenters. The van der Waals surface area contributed by atoms with Crippen LogP contribution in [0, 0.1) is 5.92 Å². The number of anilines is 1. The highest BCUT2D eigenvalue weighted by atomic mass is 32.1. The average molecular weight is 226 g/mol. The zero-order valence-corrected chi connectivity index (χ0v) is 9.62. The molecule has 0 saturated carbocycles. The molecular formula is C11H18N2OS. The van der Waals surface area contributed by atoms with Crippen LogP contribution >= 0.6 is 11.3 Å². The molecule has 3 N–H and O–H groups in total. The molecule has 0 spiro atoms. The lowest BCUT2D eigenvalue weighted by molar-refractivity contribution is 0.238. The topological polar surface area (TPSA) is 49.5 Å². The quantitative estimate of drug-likeness (QED) is 0.816. The Bertz CT molecular complexity index is 289. The minimum atomic E-state index is 0.246. The lowest BCUT2D eigenvalue weighted by Crippen LogP contribution is -2.47. The molecule has 0 bridgehead atoms. The summed E-state index contributed by atoms with van der Waals surface area (Å²) < 4.78 is 0. The molecule has 84 valence electrons. The van der Waals surface area contributed by atoms with Crippen molar-refractivity contribution in [2.45, 2.75) is 18.9 Å². The molecule has 1 fully saturated rings. The van der Waals surface area contributed by atoms with Crippen molar-refractivity contribution in [2.75, 3.05) is 24.6 Å². The number of nitrogens with zero attached hydrogens (tertiary/aromatic N) is 1. The molecule has 0 radical (unpaired) electrons. The van der Waals surface area contributed by atoms with Gasteiger partial charge in [-0.25, -0.2) is 0 Å². The molecule has 1 aromatic heterocycles. The van der Waals surface area contributed by atoms with Gasteiger partial charge >= 0.3 is 0 Å². The Kier molecular flexibility index (Phi) is 3.61. The van der Waals surface area contributed by atoms with Crippen molar-refractivity contribution in [1.82, 2.24) is 0 Å². The van der Waals surface area contributed by atoms with Crippen molar-refractivity contribution in [1.29, 1.82) is 0 Å². The van der Waals surface area contributed by atoms with Gasteiger partial charge in [0.25, 0.3) is 0 Å². The molecule has 2 rings (SSSR count). The van der Waals surface area contributed by atoms with E-state index in [1.165, 1.54) is 5.69 Å². The number of piperidine rings is 1. The largest absolute Gasteiger partial charge is 0.396 e. The number of hydrogen-bond donors (Lipinski definition) is 2. The maximum atomic E-state index is 8.96. The summed E-state index contributed by atoms with van der Waals surface area (Å²) in [6.07, 6.45) is 1.91. The molecule has 0 amide bonds.